The van der Waals surface area contributed by atoms with Crippen LogP contribution in [-0.4, -0.2) is 53.7 Å². The molecule has 0 aromatic carbocycles. The Morgan fingerprint density at radius 2 is 1.95 bits per heavy atom. The van der Waals surface area contributed by atoms with Crippen LogP contribution < -0.4 is 16.4 Å². The Kier molecular flexibility index (Phi) is 6.08. The molecule has 4 amide bonds. The molecular formula is C12H22N4O4. The first-order valence-electron chi connectivity index (χ1n) is 6.76. The second-order valence-corrected chi connectivity index (χ2v) is 4.87. The van der Waals surface area contributed by atoms with E-state index in [1.54, 1.807) is 0 Å². The van der Waals surface area contributed by atoms with E-state index < -0.39 is 24.1 Å². The minimum atomic E-state index is -0.978. The van der Waals surface area contributed by atoms with Crippen molar-refractivity contribution in [3.8, 4) is 0 Å². The number of hydrogen-bond donors (Lipinski definition) is 4. The van der Waals surface area contributed by atoms with Gasteiger partial charge in [0.05, 0.1) is 0 Å². The van der Waals surface area contributed by atoms with Crippen molar-refractivity contribution >= 4 is 18.0 Å². The summed E-state index contributed by atoms with van der Waals surface area (Å²) >= 11 is 0. The Bertz CT molecular complexity index is 374. The van der Waals surface area contributed by atoms with Crippen LogP contribution in [0.15, 0.2) is 0 Å². The number of nitrogens with zero attached hydrogens (tertiary/aromatic N) is 1. The predicted octanol–water partition coefficient (Wildman–Crippen LogP) is -0.0605. The van der Waals surface area contributed by atoms with Gasteiger partial charge >= 0.3 is 18.0 Å². The van der Waals surface area contributed by atoms with E-state index in [1.807, 2.05) is 6.92 Å². The molecular weight excluding hydrogens is 264 g/mol. The molecule has 1 fully saturated rings. The highest BCUT2D eigenvalue weighted by Gasteiger charge is 2.35. The summed E-state index contributed by atoms with van der Waals surface area (Å²) in [5.41, 5.74) is 4.89. The maximum atomic E-state index is 12.0. The maximum Gasteiger partial charge on any atom is 0.326 e. The van der Waals surface area contributed by atoms with Crippen LogP contribution in [-0.2, 0) is 4.79 Å². The highest BCUT2D eigenvalue weighted by Crippen LogP contribution is 2.25. The van der Waals surface area contributed by atoms with Crippen molar-refractivity contribution in [3.05, 3.63) is 0 Å². The number of hydrogen-bond acceptors (Lipinski definition) is 3. The number of carbonyl (C=O) groups is 3. The van der Waals surface area contributed by atoms with Crippen LogP contribution in [0.1, 0.15) is 26.2 Å². The summed E-state index contributed by atoms with van der Waals surface area (Å²) in [6.45, 7) is 2.88. The second kappa shape index (κ2) is 7.56. The number of urea groups is 2. The highest BCUT2D eigenvalue weighted by molar-refractivity contribution is 5.83. The van der Waals surface area contributed by atoms with E-state index in [1.165, 1.54) is 4.90 Å². The SMILES string of the molecule is CCC1CCN(C(=O)NCCNC(N)=O)C(C(=O)O)C1. The van der Waals surface area contributed by atoms with Crippen LogP contribution in [0.3, 0.4) is 0 Å². The lowest BCUT2D eigenvalue weighted by molar-refractivity contribution is -0.144. The summed E-state index contributed by atoms with van der Waals surface area (Å²) in [5, 5.41) is 14.1. The Morgan fingerprint density at radius 3 is 2.50 bits per heavy atom. The fourth-order valence-corrected chi connectivity index (χ4v) is 2.34. The monoisotopic (exact) mass is 286 g/mol. The maximum absolute atomic E-state index is 12.0. The number of carbonyl (C=O) groups excluding carboxylic acids is 2. The molecule has 1 heterocycles. The second-order valence-electron chi connectivity index (χ2n) is 4.87. The Morgan fingerprint density at radius 1 is 1.30 bits per heavy atom. The van der Waals surface area contributed by atoms with Crippen LogP contribution in [0.25, 0.3) is 0 Å². The van der Waals surface area contributed by atoms with Gasteiger partial charge in [0.15, 0.2) is 0 Å². The molecule has 0 aromatic heterocycles. The van der Waals surface area contributed by atoms with E-state index in [-0.39, 0.29) is 13.1 Å². The summed E-state index contributed by atoms with van der Waals surface area (Å²) in [5.74, 6) is -0.634. The van der Waals surface area contributed by atoms with E-state index in [2.05, 4.69) is 10.6 Å². The van der Waals surface area contributed by atoms with Crippen molar-refractivity contribution in [1.82, 2.24) is 15.5 Å². The third-order valence-electron chi connectivity index (χ3n) is 3.53. The predicted molar refractivity (Wildman–Crippen MR) is 72.1 cm³/mol. The Hall–Kier alpha value is -1.99. The number of likely N-dealkylation sites (tertiary alicyclic amines) is 1. The standard InChI is InChI=1S/C12H22N4O4/c1-2-8-3-6-16(9(7-8)10(17)18)12(20)15-5-4-14-11(13)19/h8-9H,2-7H2,1H3,(H,15,20)(H,17,18)(H3,13,14,19). The normalized spacial score (nSPS) is 22.1. The smallest absolute Gasteiger partial charge is 0.326 e. The van der Waals surface area contributed by atoms with Gasteiger partial charge in [-0.15, -0.1) is 0 Å². The van der Waals surface area contributed by atoms with Gasteiger partial charge in [-0.2, -0.15) is 0 Å². The third-order valence-corrected chi connectivity index (χ3v) is 3.53. The molecule has 1 rings (SSSR count). The fraction of sp³-hybridized carbons (Fsp3) is 0.750. The average Bonchev–Trinajstić information content (AvgIpc) is 2.42. The van der Waals surface area contributed by atoms with Crippen molar-refractivity contribution in [3.63, 3.8) is 0 Å². The van der Waals surface area contributed by atoms with Gasteiger partial charge < -0.3 is 26.4 Å². The number of carboxylic acids is 1. The Labute approximate surface area is 117 Å². The van der Waals surface area contributed by atoms with Crippen LogP contribution in [0.4, 0.5) is 9.59 Å². The molecule has 0 saturated carbocycles. The van der Waals surface area contributed by atoms with Gasteiger partial charge in [0, 0.05) is 19.6 Å². The number of carboxylic acid groups (broad SMARTS) is 1. The molecule has 0 radical (unpaired) electrons. The lowest BCUT2D eigenvalue weighted by atomic mass is 9.89. The quantitative estimate of drug-likeness (QED) is 0.528. The average molecular weight is 286 g/mol. The number of rotatable bonds is 5. The first-order valence-corrected chi connectivity index (χ1v) is 6.76. The summed E-state index contributed by atoms with van der Waals surface area (Å²) in [4.78, 5) is 35.0. The summed E-state index contributed by atoms with van der Waals surface area (Å²) in [6.07, 6.45) is 2.22. The number of primary amides is 1. The molecule has 1 aliphatic rings. The first-order chi connectivity index (χ1) is 9.45. The van der Waals surface area contributed by atoms with E-state index in [4.69, 9.17) is 5.73 Å². The minimum Gasteiger partial charge on any atom is -0.480 e. The molecule has 0 aromatic rings. The molecule has 1 saturated heterocycles. The van der Waals surface area contributed by atoms with E-state index in [0.717, 1.165) is 12.8 Å². The van der Waals surface area contributed by atoms with Gasteiger partial charge in [-0.05, 0) is 18.8 Å². The van der Waals surface area contributed by atoms with Crippen molar-refractivity contribution < 1.29 is 19.5 Å². The topological polar surface area (TPSA) is 125 Å². The number of piperidine rings is 1. The summed E-state index contributed by atoms with van der Waals surface area (Å²) in [7, 11) is 0. The summed E-state index contributed by atoms with van der Waals surface area (Å²) < 4.78 is 0. The summed E-state index contributed by atoms with van der Waals surface area (Å²) in [6, 6.07) is -1.86. The minimum absolute atomic E-state index is 0.210. The van der Waals surface area contributed by atoms with Crippen LogP contribution in [0, 0.1) is 5.92 Å². The third kappa shape index (κ3) is 4.60. The number of nitrogens with one attached hydrogen (secondary N) is 2. The zero-order chi connectivity index (χ0) is 15.1. The van der Waals surface area contributed by atoms with Gasteiger partial charge in [-0.3, -0.25) is 0 Å². The number of nitrogens with two attached hydrogens (primary N) is 1. The molecule has 1 aliphatic heterocycles. The molecule has 8 nitrogen and oxygen atoms in total. The Balaban J connectivity index is 2.48. The van der Waals surface area contributed by atoms with Crippen molar-refractivity contribution in [2.45, 2.75) is 32.2 Å². The lowest BCUT2D eigenvalue weighted by Gasteiger charge is -2.36. The van der Waals surface area contributed by atoms with E-state index in [0.29, 0.717) is 18.9 Å². The molecule has 8 heteroatoms. The molecule has 0 aliphatic carbocycles. The number of amides is 4. The lowest BCUT2D eigenvalue weighted by Crippen LogP contribution is -2.54. The van der Waals surface area contributed by atoms with Gasteiger partial charge in [0.2, 0.25) is 0 Å². The molecule has 0 bridgehead atoms. The molecule has 20 heavy (non-hydrogen) atoms. The van der Waals surface area contributed by atoms with Gasteiger partial charge in [0.25, 0.3) is 0 Å². The van der Waals surface area contributed by atoms with Gasteiger partial charge in [-0.1, -0.05) is 13.3 Å². The molecule has 5 N–H and O–H groups in total. The van der Waals surface area contributed by atoms with Crippen molar-refractivity contribution in [2.75, 3.05) is 19.6 Å². The highest BCUT2D eigenvalue weighted by atomic mass is 16.4. The van der Waals surface area contributed by atoms with E-state index in [9.17, 15) is 19.5 Å². The zero-order valence-corrected chi connectivity index (χ0v) is 11.6. The fourth-order valence-electron chi connectivity index (χ4n) is 2.34. The van der Waals surface area contributed by atoms with Crippen LogP contribution in [0.5, 0.6) is 0 Å². The number of aliphatic carboxylic acids is 1. The van der Waals surface area contributed by atoms with Gasteiger partial charge in [0.1, 0.15) is 6.04 Å². The molecule has 0 spiro atoms. The van der Waals surface area contributed by atoms with Crippen molar-refractivity contribution in [1.29, 1.82) is 0 Å². The zero-order valence-electron chi connectivity index (χ0n) is 11.6. The first kappa shape index (κ1) is 16.1. The van der Waals surface area contributed by atoms with Crippen LogP contribution >= 0.6 is 0 Å². The molecule has 114 valence electrons. The van der Waals surface area contributed by atoms with E-state index >= 15 is 0 Å². The van der Waals surface area contributed by atoms with Gasteiger partial charge in [-0.25, -0.2) is 14.4 Å². The van der Waals surface area contributed by atoms with Crippen LogP contribution in [0.2, 0.25) is 0 Å². The molecule has 2 unspecified atom stereocenters. The molecule has 2 atom stereocenters. The largest absolute Gasteiger partial charge is 0.480 e. The van der Waals surface area contributed by atoms with Crippen molar-refractivity contribution in [2.24, 2.45) is 11.7 Å².